The molecule has 2 aromatic carbocycles. The van der Waals surface area contributed by atoms with E-state index in [1.807, 2.05) is 47.4 Å². The number of benzene rings is 2. The first-order valence-corrected chi connectivity index (χ1v) is 10.0. The number of rotatable bonds is 4. The van der Waals surface area contributed by atoms with Crippen LogP contribution in [0.3, 0.4) is 0 Å². The van der Waals surface area contributed by atoms with E-state index >= 15 is 0 Å². The van der Waals surface area contributed by atoms with Gasteiger partial charge in [-0.15, -0.1) is 11.8 Å². The molecule has 2 saturated heterocycles. The topological polar surface area (TPSA) is 49.4 Å². The van der Waals surface area contributed by atoms with Crippen LogP contribution in [-0.4, -0.2) is 28.5 Å². The van der Waals surface area contributed by atoms with Gasteiger partial charge in [0, 0.05) is 17.9 Å². The minimum Gasteiger partial charge on any atom is -0.324 e. The van der Waals surface area contributed by atoms with E-state index in [9.17, 15) is 9.59 Å². The largest absolute Gasteiger partial charge is 0.324 e. The molecule has 5 heteroatoms. The van der Waals surface area contributed by atoms with Gasteiger partial charge in [-0.05, 0) is 36.1 Å². The van der Waals surface area contributed by atoms with Crippen LogP contribution in [0.5, 0.6) is 0 Å². The van der Waals surface area contributed by atoms with E-state index in [0.717, 1.165) is 24.1 Å². The summed E-state index contributed by atoms with van der Waals surface area (Å²) in [5.41, 5.74) is 3.09. The first kappa shape index (κ1) is 17.2. The second-order valence-electron chi connectivity index (χ2n) is 6.78. The van der Waals surface area contributed by atoms with Gasteiger partial charge in [-0.1, -0.05) is 49.4 Å². The summed E-state index contributed by atoms with van der Waals surface area (Å²) in [5, 5.41) is 3.01. The van der Waals surface area contributed by atoms with E-state index in [2.05, 4.69) is 24.4 Å². The Morgan fingerprint density at radius 1 is 1.23 bits per heavy atom. The van der Waals surface area contributed by atoms with E-state index < -0.39 is 10.9 Å². The molecule has 0 spiro atoms. The van der Waals surface area contributed by atoms with Crippen LogP contribution in [-0.2, 0) is 20.9 Å². The van der Waals surface area contributed by atoms with Crippen molar-refractivity contribution in [2.24, 2.45) is 0 Å². The van der Waals surface area contributed by atoms with Crippen molar-refractivity contribution in [1.29, 1.82) is 0 Å². The molecule has 26 heavy (non-hydrogen) atoms. The molecule has 2 heterocycles. The lowest BCUT2D eigenvalue weighted by Gasteiger charge is -2.34. The average molecular weight is 366 g/mol. The highest BCUT2D eigenvalue weighted by atomic mass is 32.2. The highest BCUT2D eigenvalue weighted by Crippen LogP contribution is 2.54. The first-order valence-electron chi connectivity index (χ1n) is 9.05. The van der Waals surface area contributed by atoms with Crippen LogP contribution >= 0.6 is 11.8 Å². The van der Waals surface area contributed by atoms with Crippen molar-refractivity contribution in [3.63, 3.8) is 0 Å². The Hall–Kier alpha value is -2.27. The van der Waals surface area contributed by atoms with Gasteiger partial charge in [0.25, 0.3) is 0 Å². The summed E-state index contributed by atoms with van der Waals surface area (Å²) in [5.74, 6) is 0.597. The molecule has 0 aromatic heterocycles. The van der Waals surface area contributed by atoms with E-state index in [1.54, 1.807) is 11.8 Å². The summed E-state index contributed by atoms with van der Waals surface area (Å²) >= 11 is 1.72. The molecule has 2 aliphatic rings. The normalized spacial score (nSPS) is 24.6. The van der Waals surface area contributed by atoms with Gasteiger partial charge in [-0.25, -0.2) is 0 Å². The zero-order valence-corrected chi connectivity index (χ0v) is 15.6. The van der Waals surface area contributed by atoms with Crippen molar-refractivity contribution < 1.29 is 9.59 Å². The molecular formula is C21H22N2O2S. The number of hydrogen-bond acceptors (Lipinski definition) is 3. The third kappa shape index (κ3) is 2.80. The monoisotopic (exact) mass is 366 g/mol. The zero-order valence-electron chi connectivity index (χ0n) is 14.8. The van der Waals surface area contributed by atoms with Crippen molar-refractivity contribution in [2.45, 2.75) is 37.1 Å². The predicted molar refractivity (Wildman–Crippen MR) is 105 cm³/mol. The van der Waals surface area contributed by atoms with Crippen molar-refractivity contribution in [2.75, 3.05) is 11.1 Å². The lowest BCUT2D eigenvalue weighted by molar-refractivity contribution is -0.136. The van der Waals surface area contributed by atoms with Gasteiger partial charge in [0.1, 0.15) is 10.9 Å². The molecule has 2 aliphatic heterocycles. The van der Waals surface area contributed by atoms with Crippen molar-refractivity contribution in [1.82, 2.24) is 4.90 Å². The first-order chi connectivity index (χ1) is 12.6. The minimum absolute atomic E-state index is 0.0707. The Morgan fingerprint density at radius 3 is 2.81 bits per heavy atom. The fourth-order valence-corrected chi connectivity index (χ4v) is 5.58. The third-order valence-corrected chi connectivity index (χ3v) is 6.85. The van der Waals surface area contributed by atoms with E-state index in [-0.39, 0.29) is 11.8 Å². The van der Waals surface area contributed by atoms with Crippen LogP contribution in [0.15, 0.2) is 54.6 Å². The number of thioether (sulfide) groups is 1. The number of anilines is 1. The Bertz CT molecular complexity index is 839. The smallest absolute Gasteiger partial charge is 0.248 e. The quantitative estimate of drug-likeness (QED) is 0.896. The van der Waals surface area contributed by atoms with Gasteiger partial charge in [0.2, 0.25) is 11.8 Å². The summed E-state index contributed by atoms with van der Waals surface area (Å²) in [7, 11) is 0. The highest BCUT2D eigenvalue weighted by Gasteiger charge is 2.56. The molecule has 2 aromatic rings. The minimum atomic E-state index is -0.430. The summed E-state index contributed by atoms with van der Waals surface area (Å²) < 4.78 is 0. The third-order valence-electron chi connectivity index (χ3n) is 5.26. The number of hydrogen-bond donors (Lipinski definition) is 1. The van der Waals surface area contributed by atoms with Gasteiger partial charge in [0.05, 0.1) is 0 Å². The van der Waals surface area contributed by atoms with E-state index in [4.69, 9.17) is 0 Å². The van der Waals surface area contributed by atoms with E-state index in [1.165, 1.54) is 5.56 Å². The van der Waals surface area contributed by atoms with Gasteiger partial charge < -0.3 is 10.2 Å². The molecular weight excluding hydrogens is 344 g/mol. The van der Waals surface area contributed by atoms with Crippen LogP contribution in [0.4, 0.5) is 5.69 Å². The van der Waals surface area contributed by atoms with E-state index in [0.29, 0.717) is 12.2 Å². The lowest BCUT2D eigenvalue weighted by atomic mass is 10.0. The Balaban J connectivity index is 1.60. The molecule has 0 aliphatic carbocycles. The second kappa shape index (κ2) is 6.80. The molecule has 4 rings (SSSR count). The lowest BCUT2D eigenvalue weighted by Crippen LogP contribution is -2.48. The number of nitrogens with one attached hydrogen (secondary N) is 1. The standard InChI is InChI=1S/C21H22N2O2S/c1-2-15-7-6-10-17(13-15)22-20(25)18-14-26-21(12-11-19(24)23(18)21)16-8-4-3-5-9-16/h3-10,13,18H,2,11-12,14H2,1H3,(H,22,25)/t18-,21-/m1/s1. The summed E-state index contributed by atoms with van der Waals surface area (Å²) in [6, 6.07) is 17.5. The molecule has 0 unspecified atom stereocenters. The Morgan fingerprint density at radius 2 is 2.04 bits per heavy atom. The number of carbonyl (C=O) groups excluding carboxylic acids is 2. The van der Waals surface area contributed by atoms with Crippen LogP contribution in [0.25, 0.3) is 0 Å². The summed E-state index contributed by atoms with van der Waals surface area (Å²) in [6.07, 6.45) is 2.18. The summed E-state index contributed by atoms with van der Waals surface area (Å²) in [6.45, 7) is 2.09. The summed E-state index contributed by atoms with van der Waals surface area (Å²) in [4.78, 5) is 27.0. The zero-order chi connectivity index (χ0) is 18.1. The number of amides is 2. The molecule has 2 fully saturated rings. The predicted octanol–water partition coefficient (Wildman–Crippen LogP) is 3.78. The maximum atomic E-state index is 13.0. The van der Waals surface area contributed by atoms with Crippen molar-refractivity contribution in [3.8, 4) is 0 Å². The molecule has 2 amide bonds. The van der Waals surface area contributed by atoms with Crippen LogP contribution in [0.2, 0.25) is 0 Å². The SMILES string of the molecule is CCc1cccc(NC(=O)[C@H]2CS[C@@]3(c4ccccc4)CCC(=O)N23)c1. The van der Waals surface area contributed by atoms with Gasteiger partial charge >= 0.3 is 0 Å². The fraction of sp³-hybridized carbons (Fsp3) is 0.333. The number of nitrogens with zero attached hydrogens (tertiary/aromatic N) is 1. The molecule has 1 N–H and O–H groups in total. The number of fused-ring (bicyclic) bond motifs is 1. The van der Waals surface area contributed by atoms with Crippen LogP contribution in [0, 0.1) is 0 Å². The Labute approximate surface area is 158 Å². The maximum Gasteiger partial charge on any atom is 0.248 e. The highest BCUT2D eigenvalue weighted by molar-refractivity contribution is 8.00. The molecule has 0 saturated carbocycles. The van der Waals surface area contributed by atoms with Gasteiger partial charge in [0.15, 0.2) is 0 Å². The average Bonchev–Trinajstić information content (AvgIpc) is 3.22. The van der Waals surface area contributed by atoms with Crippen molar-refractivity contribution >= 4 is 29.3 Å². The van der Waals surface area contributed by atoms with Crippen LogP contribution in [0.1, 0.15) is 30.9 Å². The number of aryl methyl sites for hydroxylation is 1. The van der Waals surface area contributed by atoms with Gasteiger partial charge in [-0.3, -0.25) is 9.59 Å². The molecule has 2 atom stereocenters. The van der Waals surface area contributed by atoms with Crippen molar-refractivity contribution in [3.05, 3.63) is 65.7 Å². The molecule has 0 bridgehead atoms. The Kier molecular flexibility index (Phi) is 4.49. The van der Waals surface area contributed by atoms with Gasteiger partial charge in [-0.2, -0.15) is 0 Å². The molecule has 4 nitrogen and oxygen atoms in total. The number of carbonyl (C=O) groups is 2. The maximum absolute atomic E-state index is 13.0. The second-order valence-corrected chi connectivity index (χ2v) is 8.08. The molecule has 0 radical (unpaired) electrons. The molecule has 134 valence electrons. The fourth-order valence-electron chi connectivity index (χ4n) is 3.93. The van der Waals surface area contributed by atoms with Crippen LogP contribution < -0.4 is 5.32 Å².